The summed E-state index contributed by atoms with van der Waals surface area (Å²) in [4.78, 5) is 0. The third-order valence-corrected chi connectivity index (χ3v) is 2.34. The molecule has 4 heteroatoms. The molecule has 0 atom stereocenters. The molecule has 0 aliphatic carbocycles. The Kier molecular flexibility index (Phi) is 3.62. The van der Waals surface area contributed by atoms with Crippen LogP contribution in [0.2, 0.25) is 5.02 Å². The standard InChI is InChI=1S/C13H11ClN2O/c14-11-4-2-5-12(8-11)16-15-9-10-3-1-6-13(17)7-10/h1-9,16-17H/b15-9-. The maximum absolute atomic E-state index is 9.27. The summed E-state index contributed by atoms with van der Waals surface area (Å²) >= 11 is 5.84. The molecule has 0 aromatic heterocycles. The first-order valence-electron chi connectivity index (χ1n) is 5.08. The maximum Gasteiger partial charge on any atom is 0.116 e. The molecule has 0 unspecified atom stereocenters. The highest BCUT2D eigenvalue weighted by Crippen LogP contribution is 2.14. The quantitative estimate of drug-likeness (QED) is 0.643. The van der Waals surface area contributed by atoms with Gasteiger partial charge in [0.05, 0.1) is 11.9 Å². The molecule has 2 aromatic rings. The number of hydrogen-bond donors (Lipinski definition) is 2. The molecule has 0 amide bonds. The molecule has 0 radical (unpaired) electrons. The number of benzene rings is 2. The molecular weight excluding hydrogens is 236 g/mol. The van der Waals surface area contributed by atoms with Gasteiger partial charge in [-0.15, -0.1) is 0 Å². The molecule has 2 aromatic carbocycles. The normalized spacial score (nSPS) is 10.6. The van der Waals surface area contributed by atoms with Gasteiger partial charge in [-0.2, -0.15) is 5.10 Å². The Bertz CT molecular complexity index is 540. The van der Waals surface area contributed by atoms with Crippen molar-refractivity contribution >= 4 is 23.5 Å². The minimum Gasteiger partial charge on any atom is -0.508 e. The van der Waals surface area contributed by atoms with Gasteiger partial charge in [-0.1, -0.05) is 29.8 Å². The molecule has 0 heterocycles. The van der Waals surface area contributed by atoms with Gasteiger partial charge in [-0.3, -0.25) is 5.43 Å². The van der Waals surface area contributed by atoms with Crippen molar-refractivity contribution in [1.82, 2.24) is 0 Å². The largest absolute Gasteiger partial charge is 0.508 e. The smallest absolute Gasteiger partial charge is 0.116 e. The highest BCUT2D eigenvalue weighted by Gasteiger charge is 1.92. The van der Waals surface area contributed by atoms with E-state index in [-0.39, 0.29) is 5.75 Å². The summed E-state index contributed by atoms with van der Waals surface area (Å²) in [5, 5.41) is 14.0. The molecule has 0 saturated carbocycles. The van der Waals surface area contributed by atoms with E-state index < -0.39 is 0 Å². The topological polar surface area (TPSA) is 44.6 Å². The van der Waals surface area contributed by atoms with Crippen LogP contribution in [0.4, 0.5) is 5.69 Å². The van der Waals surface area contributed by atoms with Gasteiger partial charge in [-0.05, 0) is 35.9 Å². The molecule has 0 saturated heterocycles. The number of phenols is 1. The summed E-state index contributed by atoms with van der Waals surface area (Å²) in [6.07, 6.45) is 1.63. The highest BCUT2D eigenvalue weighted by atomic mass is 35.5. The molecule has 0 aliphatic heterocycles. The number of halogens is 1. The number of nitrogens with zero attached hydrogens (tertiary/aromatic N) is 1. The van der Waals surface area contributed by atoms with Crippen LogP contribution in [0.5, 0.6) is 5.75 Å². The first-order chi connectivity index (χ1) is 8.24. The fraction of sp³-hybridized carbons (Fsp3) is 0. The predicted octanol–water partition coefficient (Wildman–Crippen LogP) is 3.49. The molecule has 86 valence electrons. The molecule has 2 N–H and O–H groups in total. The zero-order valence-corrected chi connectivity index (χ0v) is 9.72. The highest BCUT2D eigenvalue weighted by molar-refractivity contribution is 6.30. The second-order valence-electron chi connectivity index (χ2n) is 3.48. The van der Waals surface area contributed by atoms with Crippen LogP contribution in [0.25, 0.3) is 0 Å². The first-order valence-corrected chi connectivity index (χ1v) is 5.45. The van der Waals surface area contributed by atoms with Gasteiger partial charge >= 0.3 is 0 Å². The van der Waals surface area contributed by atoms with Crippen LogP contribution in [-0.2, 0) is 0 Å². The van der Waals surface area contributed by atoms with Gasteiger partial charge in [0.2, 0.25) is 0 Å². The monoisotopic (exact) mass is 246 g/mol. The van der Waals surface area contributed by atoms with Gasteiger partial charge in [0, 0.05) is 5.02 Å². The second kappa shape index (κ2) is 5.37. The first kappa shape index (κ1) is 11.5. The summed E-state index contributed by atoms with van der Waals surface area (Å²) in [5.74, 6) is 0.219. The zero-order valence-electron chi connectivity index (χ0n) is 8.97. The fourth-order valence-electron chi connectivity index (χ4n) is 1.34. The summed E-state index contributed by atoms with van der Waals surface area (Å²) < 4.78 is 0. The SMILES string of the molecule is Oc1cccc(/C=N\Nc2cccc(Cl)c2)c1. The van der Waals surface area contributed by atoms with E-state index in [0.717, 1.165) is 11.3 Å². The average molecular weight is 247 g/mol. The molecule has 0 fully saturated rings. The number of hydrogen-bond acceptors (Lipinski definition) is 3. The van der Waals surface area contributed by atoms with Crippen molar-refractivity contribution in [2.24, 2.45) is 5.10 Å². The Hall–Kier alpha value is -2.00. The van der Waals surface area contributed by atoms with Crippen molar-refractivity contribution in [3.63, 3.8) is 0 Å². The van der Waals surface area contributed by atoms with Crippen LogP contribution < -0.4 is 5.43 Å². The molecule has 0 bridgehead atoms. The van der Waals surface area contributed by atoms with Crippen molar-refractivity contribution in [2.75, 3.05) is 5.43 Å². The van der Waals surface area contributed by atoms with E-state index in [1.165, 1.54) is 0 Å². The Labute approximate surface area is 104 Å². The number of anilines is 1. The van der Waals surface area contributed by atoms with Crippen molar-refractivity contribution in [1.29, 1.82) is 0 Å². The molecule has 0 aliphatic rings. The van der Waals surface area contributed by atoms with Crippen LogP contribution in [0.3, 0.4) is 0 Å². The number of phenolic OH excluding ortho intramolecular Hbond substituents is 1. The number of aromatic hydroxyl groups is 1. The van der Waals surface area contributed by atoms with Crippen molar-refractivity contribution in [2.45, 2.75) is 0 Å². The minimum absolute atomic E-state index is 0.219. The summed E-state index contributed by atoms with van der Waals surface area (Å²) in [5.41, 5.74) is 4.49. The van der Waals surface area contributed by atoms with Crippen LogP contribution >= 0.6 is 11.6 Å². The van der Waals surface area contributed by atoms with Crippen LogP contribution in [-0.4, -0.2) is 11.3 Å². The molecule has 2 rings (SSSR count). The Balaban J connectivity index is 2.03. The van der Waals surface area contributed by atoms with E-state index in [4.69, 9.17) is 11.6 Å². The summed E-state index contributed by atoms with van der Waals surface area (Å²) in [6, 6.07) is 14.1. The lowest BCUT2D eigenvalue weighted by molar-refractivity contribution is 0.475. The number of nitrogens with one attached hydrogen (secondary N) is 1. The van der Waals surface area contributed by atoms with Crippen molar-refractivity contribution in [3.8, 4) is 5.75 Å². The Morgan fingerprint density at radius 3 is 2.71 bits per heavy atom. The number of hydrazone groups is 1. The minimum atomic E-state index is 0.219. The second-order valence-corrected chi connectivity index (χ2v) is 3.91. The van der Waals surface area contributed by atoms with Gasteiger partial charge in [0.1, 0.15) is 5.75 Å². The zero-order chi connectivity index (χ0) is 12.1. The Morgan fingerprint density at radius 1 is 1.12 bits per heavy atom. The van der Waals surface area contributed by atoms with Crippen LogP contribution in [0.15, 0.2) is 53.6 Å². The molecule has 17 heavy (non-hydrogen) atoms. The number of rotatable bonds is 3. The van der Waals surface area contributed by atoms with E-state index in [2.05, 4.69) is 10.5 Å². The van der Waals surface area contributed by atoms with Gasteiger partial charge in [0.25, 0.3) is 0 Å². The molecule has 3 nitrogen and oxygen atoms in total. The van der Waals surface area contributed by atoms with E-state index in [9.17, 15) is 5.11 Å². The predicted molar refractivity (Wildman–Crippen MR) is 70.8 cm³/mol. The van der Waals surface area contributed by atoms with E-state index in [1.54, 1.807) is 36.5 Å². The van der Waals surface area contributed by atoms with Gasteiger partial charge < -0.3 is 5.11 Å². The van der Waals surface area contributed by atoms with Crippen molar-refractivity contribution in [3.05, 3.63) is 59.1 Å². The van der Waals surface area contributed by atoms with Gasteiger partial charge in [-0.25, -0.2) is 0 Å². The van der Waals surface area contributed by atoms with Crippen LogP contribution in [0.1, 0.15) is 5.56 Å². The van der Waals surface area contributed by atoms with E-state index >= 15 is 0 Å². The van der Waals surface area contributed by atoms with Crippen molar-refractivity contribution < 1.29 is 5.11 Å². The molecule has 0 spiro atoms. The summed E-state index contributed by atoms with van der Waals surface area (Å²) in [7, 11) is 0. The third-order valence-electron chi connectivity index (χ3n) is 2.10. The summed E-state index contributed by atoms with van der Waals surface area (Å²) in [6.45, 7) is 0. The van der Waals surface area contributed by atoms with E-state index in [1.807, 2.05) is 18.2 Å². The lowest BCUT2D eigenvalue weighted by atomic mass is 10.2. The lowest BCUT2D eigenvalue weighted by Crippen LogP contribution is -1.90. The van der Waals surface area contributed by atoms with Gasteiger partial charge in [0.15, 0.2) is 0 Å². The third kappa shape index (κ3) is 3.50. The lowest BCUT2D eigenvalue weighted by Gasteiger charge is -2.00. The van der Waals surface area contributed by atoms with Crippen LogP contribution in [0, 0.1) is 0 Å². The molecular formula is C13H11ClN2O. The average Bonchev–Trinajstić information content (AvgIpc) is 2.29. The Morgan fingerprint density at radius 2 is 1.94 bits per heavy atom. The maximum atomic E-state index is 9.27. The van der Waals surface area contributed by atoms with E-state index in [0.29, 0.717) is 5.02 Å². The fourth-order valence-corrected chi connectivity index (χ4v) is 1.53.